The lowest BCUT2D eigenvalue weighted by Crippen LogP contribution is -2.59. The van der Waals surface area contributed by atoms with E-state index in [9.17, 15) is 9.59 Å². The van der Waals surface area contributed by atoms with Crippen LogP contribution in [0, 0.1) is 0 Å². The van der Waals surface area contributed by atoms with Crippen LogP contribution in [-0.4, -0.2) is 96.6 Å². The molecule has 7 nitrogen and oxygen atoms in total. The van der Waals surface area contributed by atoms with Crippen LogP contribution in [0.15, 0.2) is 0 Å². The number of piperidine rings is 1. The van der Waals surface area contributed by atoms with E-state index >= 15 is 0 Å². The van der Waals surface area contributed by atoms with Crippen LogP contribution < -0.4 is 5.32 Å². The molecule has 3 aliphatic heterocycles. The highest BCUT2D eigenvalue weighted by Gasteiger charge is 2.47. The van der Waals surface area contributed by atoms with Crippen LogP contribution in [0.4, 0.5) is 0 Å². The van der Waals surface area contributed by atoms with Crippen molar-refractivity contribution in [2.45, 2.75) is 70.6 Å². The smallest absolute Gasteiger partial charge is 0.223 e. The fraction of sp³-hybridized carbons (Fsp3) is 0.905. The summed E-state index contributed by atoms with van der Waals surface area (Å²) in [6.07, 6.45) is 4.12. The van der Waals surface area contributed by atoms with Crippen molar-refractivity contribution in [2.24, 2.45) is 0 Å². The molecule has 0 aromatic carbocycles. The maximum atomic E-state index is 12.6. The molecule has 7 heteroatoms. The Bertz CT molecular complexity index is 530. The SMILES string of the molecule is CCC(=O)NCC1CC2(CCN(C(=O)CCN3CCN(C(C)C)CC3)CC2)O1. The first kappa shape index (κ1) is 21.5. The molecular formula is C21H38N4O3. The number of likely N-dealkylation sites (tertiary alicyclic amines) is 1. The summed E-state index contributed by atoms with van der Waals surface area (Å²) in [5, 5.41) is 2.90. The van der Waals surface area contributed by atoms with E-state index in [-0.39, 0.29) is 23.5 Å². The number of piperazine rings is 1. The van der Waals surface area contributed by atoms with Gasteiger partial charge in [-0.1, -0.05) is 6.92 Å². The zero-order chi connectivity index (χ0) is 20.1. The summed E-state index contributed by atoms with van der Waals surface area (Å²) in [5.41, 5.74) is -0.0500. The first-order valence-corrected chi connectivity index (χ1v) is 11.1. The van der Waals surface area contributed by atoms with Gasteiger partial charge in [-0.15, -0.1) is 0 Å². The maximum absolute atomic E-state index is 12.6. The van der Waals surface area contributed by atoms with Gasteiger partial charge in [0.2, 0.25) is 11.8 Å². The minimum absolute atomic E-state index is 0.0500. The molecule has 3 rings (SSSR count). The fourth-order valence-corrected chi connectivity index (χ4v) is 4.63. The number of rotatable bonds is 7. The highest BCUT2D eigenvalue weighted by atomic mass is 16.5. The highest BCUT2D eigenvalue weighted by molar-refractivity contribution is 5.76. The summed E-state index contributed by atoms with van der Waals surface area (Å²) >= 11 is 0. The van der Waals surface area contributed by atoms with Crippen LogP contribution in [0.25, 0.3) is 0 Å². The van der Waals surface area contributed by atoms with E-state index in [4.69, 9.17) is 4.74 Å². The van der Waals surface area contributed by atoms with E-state index in [2.05, 4.69) is 29.0 Å². The molecule has 3 fully saturated rings. The monoisotopic (exact) mass is 394 g/mol. The molecule has 2 amide bonds. The minimum Gasteiger partial charge on any atom is -0.370 e. The second-order valence-corrected chi connectivity index (χ2v) is 8.89. The summed E-state index contributed by atoms with van der Waals surface area (Å²) in [7, 11) is 0. The Labute approximate surface area is 169 Å². The van der Waals surface area contributed by atoms with E-state index in [0.29, 0.717) is 25.4 Å². The number of hydrogen-bond donors (Lipinski definition) is 1. The number of nitrogens with zero attached hydrogens (tertiary/aromatic N) is 3. The molecule has 0 aromatic rings. The lowest BCUT2D eigenvalue weighted by molar-refractivity contribution is -0.222. The van der Waals surface area contributed by atoms with Crippen molar-refractivity contribution in [3.63, 3.8) is 0 Å². The molecule has 160 valence electrons. The van der Waals surface area contributed by atoms with E-state index in [1.54, 1.807) is 0 Å². The van der Waals surface area contributed by atoms with Crippen molar-refractivity contribution in [2.75, 3.05) is 52.4 Å². The molecule has 0 saturated carbocycles. The van der Waals surface area contributed by atoms with Gasteiger partial charge >= 0.3 is 0 Å². The van der Waals surface area contributed by atoms with Crippen molar-refractivity contribution >= 4 is 11.8 Å². The molecule has 1 N–H and O–H groups in total. The number of carbonyl (C=O) groups excluding carboxylic acids is 2. The molecular weight excluding hydrogens is 356 g/mol. The van der Waals surface area contributed by atoms with Gasteiger partial charge in [0.15, 0.2) is 0 Å². The van der Waals surface area contributed by atoms with E-state index in [1.165, 1.54) is 0 Å². The summed E-state index contributed by atoms with van der Waals surface area (Å²) < 4.78 is 6.11. The molecule has 1 spiro atoms. The average Bonchev–Trinajstić information content (AvgIpc) is 2.69. The Balaban J connectivity index is 1.30. The van der Waals surface area contributed by atoms with Gasteiger partial charge in [0.25, 0.3) is 0 Å². The zero-order valence-electron chi connectivity index (χ0n) is 17.9. The number of nitrogens with one attached hydrogen (secondary N) is 1. The van der Waals surface area contributed by atoms with Crippen LogP contribution in [0.1, 0.15) is 52.9 Å². The van der Waals surface area contributed by atoms with Crippen molar-refractivity contribution in [3.05, 3.63) is 0 Å². The molecule has 3 saturated heterocycles. The van der Waals surface area contributed by atoms with Gasteiger partial charge in [0, 0.05) is 77.7 Å². The second kappa shape index (κ2) is 9.55. The predicted octanol–water partition coefficient (Wildman–Crippen LogP) is 1.08. The van der Waals surface area contributed by atoms with Gasteiger partial charge in [0.05, 0.1) is 11.7 Å². The van der Waals surface area contributed by atoms with Crippen LogP contribution in [0.3, 0.4) is 0 Å². The zero-order valence-corrected chi connectivity index (χ0v) is 17.9. The van der Waals surface area contributed by atoms with E-state index in [1.807, 2.05) is 11.8 Å². The molecule has 0 aliphatic carbocycles. The molecule has 3 aliphatic rings. The third-order valence-electron chi connectivity index (χ3n) is 6.67. The summed E-state index contributed by atoms with van der Waals surface area (Å²) in [5.74, 6) is 0.364. The van der Waals surface area contributed by atoms with Gasteiger partial charge in [-0.3, -0.25) is 14.5 Å². The molecule has 0 radical (unpaired) electrons. The van der Waals surface area contributed by atoms with Crippen molar-refractivity contribution in [1.29, 1.82) is 0 Å². The Morgan fingerprint density at radius 2 is 1.75 bits per heavy atom. The highest BCUT2D eigenvalue weighted by Crippen LogP contribution is 2.41. The molecule has 0 bridgehead atoms. The predicted molar refractivity (Wildman–Crippen MR) is 109 cm³/mol. The molecule has 1 unspecified atom stereocenters. The lowest BCUT2D eigenvalue weighted by Gasteiger charge is -2.52. The number of carbonyl (C=O) groups is 2. The Hall–Kier alpha value is -1.18. The van der Waals surface area contributed by atoms with Gasteiger partial charge < -0.3 is 19.9 Å². The topological polar surface area (TPSA) is 65.1 Å². The lowest BCUT2D eigenvalue weighted by atomic mass is 9.80. The third-order valence-corrected chi connectivity index (χ3v) is 6.67. The molecule has 1 atom stereocenters. The standard InChI is InChI=1S/C21H38N4O3/c1-4-19(26)22-16-18-15-21(28-18)6-9-25(10-7-21)20(27)5-8-23-11-13-24(14-12-23)17(2)3/h17-18H,4-16H2,1-3H3,(H,22,26). The molecule has 3 heterocycles. The molecule has 28 heavy (non-hydrogen) atoms. The normalized spacial score (nSPS) is 25.7. The third kappa shape index (κ3) is 5.45. The quantitative estimate of drug-likeness (QED) is 0.700. The summed E-state index contributed by atoms with van der Waals surface area (Å²) in [6.45, 7) is 13.8. The fourth-order valence-electron chi connectivity index (χ4n) is 4.63. The summed E-state index contributed by atoms with van der Waals surface area (Å²) in [4.78, 5) is 30.9. The van der Waals surface area contributed by atoms with Crippen molar-refractivity contribution in [1.82, 2.24) is 20.0 Å². The van der Waals surface area contributed by atoms with Crippen molar-refractivity contribution in [3.8, 4) is 0 Å². The van der Waals surface area contributed by atoms with Gasteiger partial charge in [-0.2, -0.15) is 0 Å². The van der Waals surface area contributed by atoms with E-state index < -0.39 is 0 Å². The van der Waals surface area contributed by atoms with Gasteiger partial charge in [-0.25, -0.2) is 0 Å². The number of hydrogen-bond acceptors (Lipinski definition) is 5. The first-order chi connectivity index (χ1) is 13.4. The van der Waals surface area contributed by atoms with E-state index in [0.717, 1.165) is 65.1 Å². The van der Waals surface area contributed by atoms with Gasteiger partial charge in [-0.05, 0) is 26.7 Å². The largest absolute Gasteiger partial charge is 0.370 e. The Kier molecular flexibility index (Phi) is 7.34. The van der Waals surface area contributed by atoms with Crippen LogP contribution in [0.2, 0.25) is 0 Å². The van der Waals surface area contributed by atoms with Crippen molar-refractivity contribution < 1.29 is 14.3 Å². The number of amides is 2. The Morgan fingerprint density at radius 3 is 2.32 bits per heavy atom. The maximum Gasteiger partial charge on any atom is 0.223 e. The summed E-state index contributed by atoms with van der Waals surface area (Å²) in [6, 6.07) is 0.612. The van der Waals surface area contributed by atoms with Crippen LogP contribution in [0.5, 0.6) is 0 Å². The van der Waals surface area contributed by atoms with Crippen LogP contribution in [-0.2, 0) is 14.3 Å². The second-order valence-electron chi connectivity index (χ2n) is 8.89. The minimum atomic E-state index is -0.0500. The first-order valence-electron chi connectivity index (χ1n) is 11.1. The average molecular weight is 395 g/mol. The molecule has 0 aromatic heterocycles. The van der Waals surface area contributed by atoms with Gasteiger partial charge in [0.1, 0.15) is 0 Å². The number of ether oxygens (including phenoxy) is 1. The Morgan fingerprint density at radius 1 is 1.11 bits per heavy atom. The van der Waals surface area contributed by atoms with Crippen LogP contribution >= 0.6 is 0 Å².